The molecule has 0 rings (SSSR count). The fraction of sp³-hybridized carbons (Fsp3) is 0.917. The van der Waals surface area contributed by atoms with E-state index in [4.69, 9.17) is 18.0 Å². The molecule has 2 atom stereocenters. The third-order valence-electron chi connectivity index (χ3n) is 3.07. The van der Waals surface area contributed by atoms with Gasteiger partial charge in [0.25, 0.3) is 0 Å². The fourth-order valence-electron chi connectivity index (χ4n) is 1.83. The van der Waals surface area contributed by atoms with Crippen molar-refractivity contribution in [3.8, 4) is 0 Å². The van der Waals surface area contributed by atoms with Crippen molar-refractivity contribution in [3.05, 3.63) is 0 Å². The highest BCUT2D eigenvalue weighted by atomic mass is 32.1. The lowest BCUT2D eigenvalue weighted by molar-refractivity contribution is 0.177. The summed E-state index contributed by atoms with van der Waals surface area (Å²) in [6.07, 6.45) is 3.22. The minimum Gasteiger partial charge on any atom is -0.393 e. The Kier molecular flexibility index (Phi) is 7.97. The Balaban J connectivity index is 4.26. The first-order valence-corrected chi connectivity index (χ1v) is 6.48. The van der Waals surface area contributed by atoms with Gasteiger partial charge in [-0.25, -0.2) is 0 Å². The predicted molar refractivity (Wildman–Crippen MR) is 72.2 cm³/mol. The zero-order chi connectivity index (χ0) is 11.8. The summed E-state index contributed by atoms with van der Waals surface area (Å²) in [7, 11) is 0. The Morgan fingerprint density at radius 1 is 1.27 bits per heavy atom. The lowest BCUT2D eigenvalue weighted by Crippen LogP contribution is -2.39. The molecule has 0 saturated heterocycles. The van der Waals surface area contributed by atoms with E-state index in [0.717, 1.165) is 31.8 Å². The van der Waals surface area contributed by atoms with Crippen LogP contribution in [0.15, 0.2) is 0 Å². The number of nitrogens with zero attached hydrogens (tertiary/aromatic N) is 1. The van der Waals surface area contributed by atoms with Gasteiger partial charge in [0.05, 0.1) is 4.99 Å². The van der Waals surface area contributed by atoms with E-state index in [2.05, 4.69) is 32.6 Å². The number of thiocarbonyl (C=S) groups is 1. The Labute approximate surface area is 100 Å². The molecule has 0 aromatic heterocycles. The van der Waals surface area contributed by atoms with Gasteiger partial charge in [-0.2, -0.15) is 0 Å². The summed E-state index contributed by atoms with van der Waals surface area (Å²) in [5.41, 5.74) is 5.63. The third-order valence-corrected chi connectivity index (χ3v) is 3.24. The number of hydrogen-bond acceptors (Lipinski definition) is 2. The van der Waals surface area contributed by atoms with Crippen molar-refractivity contribution in [2.75, 3.05) is 13.1 Å². The van der Waals surface area contributed by atoms with E-state index >= 15 is 0 Å². The van der Waals surface area contributed by atoms with Crippen molar-refractivity contribution in [1.29, 1.82) is 0 Å². The SMILES string of the molecule is CCC(C)CN(CC)C(CC)CC(N)=S. The highest BCUT2D eigenvalue weighted by molar-refractivity contribution is 7.80. The highest BCUT2D eigenvalue weighted by Crippen LogP contribution is 2.13. The summed E-state index contributed by atoms with van der Waals surface area (Å²) in [6, 6.07) is 0.529. The summed E-state index contributed by atoms with van der Waals surface area (Å²) in [5.74, 6) is 0.755. The van der Waals surface area contributed by atoms with Crippen LogP contribution in [0.1, 0.15) is 47.0 Å². The second kappa shape index (κ2) is 8.05. The van der Waals surface area contributed by atoms with Crippen LogP contribution in [0, 0.1) is 5.92 Å². The largest absolute Gasteiger partial charge is 0.393 e. The van der Waals surface area contributed by atoms with Crippen molar-refractivity contribution in [3.63, 3.8) is 0 Å². The average molecular weight is 230 g/mol. The van der Waals surface area contributed by atoms with E-state index in [1.165, 1.54) is 6.42 Å². The van der Waals surface area contributed by atoms with Crippen molar-refractivity contribution < 1.29 is 0 Å². The molecule has 0 saturated carbocycles. The normalized spacial score (nSPS) is 15.3. The van der Waals surface area contributed by atoms with Crippen LogP contribution in [-0.4, -0.2) is 29.0 Å². The minimum absolute atomic E-state index is 0.529. The molecule has 0 bridgehead atoms. The van der Waals surface area contributed by atoms with Crippen molar-refractivity contribution in [2.24, 2.45) is 11.7 Å². The second-order valence-corrected chi connectivity index (χ2v) is 4.86. The van der Waals surface area contributed by atoms with Crippen molar-refractivity contribution >= 4 is 17.2 Å². The molecule has 2 nitrogen and oxygen atoms in total. The van der Waals surface area contributed by atoms with Crippen LogP contribution in [-0.2, 0) is 0 Å². The summed E-state index contributed by atoms with van der Waals surface area (Å²) in [6.45, 7) is 11.2. The van der Waals surface area contributed by atoms with Gasteiger partial charge >= 0.3 is 0 Å². The van der Waals surface area contributed by atoms with E-state index in [9.17, 15) is 0 Å². The van der Waals surface area contributed by atoms with Crippen molar-refractivity contribution in [2.45, 2.75) is 53.0 Å². The van der Waals surface area contributed by atoms with Crippen LogP contribution >= 0.6 is 12.2 Å². The standard InChI is InChI=1S/C12H26N2S/c1-5-10(4)9-14(7-3)11(6-2)8-12(13)15/h10-11H,5-9H2,1-4H3,(H2,13,15). The van der Waals surface area contributed by atoms with E-state index in [1.807, 2.05) is 0 Å². The van der Waals surface area contributed by atoms with Gasteiger partial charge in [0.15, 0.2) is 0 Å². The van der Waals surface area contributed by atoms with Gasteiger partial charge in [-0.15, -0.1) is 0 Å². The van der Waals surface area contributed by atoms with E-state index < -0.39 is 0 Å². The van der Waals surface area contributed by atoms with Crippen LogP contribution in [0.25, 0.3) is 0 Å². The quantitative estimate of drug-likeness (QED) is 0.650. The van der Waals surface area contributed by atoms with Gasteiger partial charge in [0.2, 0.25) is 0 Å². The smallest absolute Gasteiger partial charge is 0.0743 e. The number of nitrogens with two attached hydrogens (primary N) is 1. The molecule has 0 radical (unpaired) electrons. The Hall–Kier alpha value is -0.150. The molecule has 3 heteroatoms. The molecule has 0 heterocycles. The van der Waals surface area contributed by atoms with E-state index in [-0.39, 0.29) is 0 Å². The molecular weight excluding hydrogens is 204 g/mol. The molecule has 90 valence electrons. The first-order chi connectivity index (χ1) is 7.04. The number of hydrogen-bond donors (Lipinski definition) is 1. The average Bonchev–Trinajstić information content (AvgIpc) is 2.22. The topological polar surface area (TPSA) is 29.3 Å². The second-order valence-electron chi connectivity index (χ2n) is 4.33. The zero-order valence-electron chi connectivity index (χ0n) is 10.6. The molecule has 0 spiro atoms. The molecule has 0 aliphatic rings. The maximum Gasteiger partial charge on any atom is 0.0743 e. The number of rotatable bonds is 8. The molecule has 0 aliphatic heterocycles. The summed E-state index contributed by atoms with van der Waals surface area (Å²) in [4.78, 5) is 3.15. The summed E-state index contributed by atoms with van der Waals surface area (Å²) < 4.78 is 0. The first-order valence-electron chi connectivity index (χ1n) is 6.07. The van der Waals surface area contributed by atoms with Gasteiger partial charge < -0.3 is 5.73 Å². The molecule has 0 aromatic carbocycles. The van der Waals surface area contributed by atoms with Gasteiger partial charge in [-0.1, -0.05) is 46.3 Å². The van der Waals surface area contributed by atoms with Crippen molar-refractivity contribution in [1.82, 2.24) is 4.90 Å². The van der Waals surface area contributed by atoms with Gasteiger partial charge in [0.1, 0.15) is 0 Å². The zero-order valence-corrected chi connectivity index (χ0v) is 11.4. The van der Waals surface area contributed by atoms with Gasteiger partial charge in [0, 0.05) is 19.0 Å². The molecule has 0 amide bonds. The maximum absolute atomic E-state index is 5.63. The Morgan fingerprint density at radius 2 is 1.87 bits per heavy atom. The fourth-order valence-corrected chi connectivity index (χ4v) is 2.02. The first kappa shape index (κ1) is 14.8. The summed E-state index contributed by atoms with van der Waals surface area (Å²) in [5, 5.41) is 0. The van der Waals surface area contributed by atoms with E-state index in [0.29, 0.717) is 11.0 Å². The molecule has 0 fully saturated rings. The van der Waals surface area contributed by atoms with Crippen LogP contribution in [0.3, 0.4) is 0 Å². The van der Waals surface area contributed by atoms with Crippen LogP contribution in [0.5, 0.6) is 0 Å². The van der Waals surface area contributed by atoms with Gasteiger partial charge in [-0.05, 0) is 18.9 Å². The maximum atomic E-state index is 5.63. The van der Waals surface area contributed by atoms with Gasteiger partial charge in [-0.3, -0.25) is 4.90 Å². The Bertz CT molecular complexity index is 182. The van der Waals surface area contributed by atoms with E-state index in [1.54, 1.807) is 0 Å². The molecule has 0 aliphatic carbocycles. The molecular formula is C12H26N2S. The lowest BCUT2D eigenvalue weighted by atomic mass is 10.0. The Morgan fingerprint density at radius 3 is 2.20 bits per heavy atom. The van der Waals surface area contributed by atoms with Crippen LogP contribution in [0.4, 0.5) is 0 Å². The molecule has 2 unspecified atom stereocenters. The van der Waals surface area contributed by atoms with Crippen LogP contribution in [0.2, 0.25) is 0 Å². The molecule has 15 heavy (non-hydrogen) atoms. The molecule has 0 aromatic rings. The predicted octanol–water partition coefficient (Wildman–Crippen LogP) is 2.81. The highest BCUT2D eigenvalue weighted by Gasteiger charge is 2.17. The van der Waals surface area contributed by atoms with Crippen LogP contribution < -0.4 is 5.73 Å². The minimum atomic E-state index is 0.529. The monoisotopic (exact) mass is 230 g/mol. The molecule has 2 N–H and O–H groups in total. The summed E-state index contributed by atoms with van der Waals surface area (Å²) >= 11 is 5.00. The third kappa shape index (κ3) is 6.10. The lowest BCUT2D eigenvalue weighted by Gasteiger charge is -2.31.